The number of hydrogen-bond acceptors (Lipinski definition) is 2. The van der Waals surface area contributed by atoms with Gasteiger partial charge in [0, 0.05) is 31.4 Å². The van der Waals surface area contributed by atoms with E-state index >= 15 is 0 Å². The average molecular weight is 243 g/mol. The second-order valence-corrected chi connectivity index (χ2v) is 5.27. The highest BCUT2D eigenvalue weighted by molar-refractivity contribution is 5.17. The molecule has 0 bridgehead atoms. The highest BCUT2D eigenvalue weighted by Crippen LogP contribution is 2.16. The summed E-state index contributed by atoms with van der Waals surface area (Å²) in [5.41, 5.74) is 7.49. The summed E-state index contributed by atoms with van der Waals surface area (Å²) in [5, 5.41) is 0. The van der Waals surface area contributed by atoms with Crippen molar-refractivity contribution < 1.29 is 0 Å². The Morgan fingerprint density at radius 2 is 2.00 bits per heavy atom. The minimum atomic E-state index is -0.187. The molecule has 1 aromatic heterocycles. The van der Waals surface area contributed by atoms with Crippen molar-refractivity contribution >= 4 is 0 Å². The summed E-state index contributed by atoms with van der Waals surface area (Å²) in [6, 6.07) is 10.4. The van der Waals surface area contributed by atoms with Gasteiger partial charge in [-0.3, -0.25) is 0 Å². The zero-order valence-electron chi connectivity index (χ0n) is 11.1. The molecule has 0 saturated heterocycles. The van der Waals surface area contributed by atoms with E-state index in [1.54, 1.807) is 0 Å². The monoisotopic (exact) mass is 243 g/mol. The van der Waals surface area contributed by atoms with Crippen LogP contribution in [-0.4, -0.2) is 15.1 Å². The van der Waals surface area contributed by atoms with Crippen molar-refractivity contribution in [1.82, 2.24) is 9.55 Å². The van der Waals surface area contributed by atoms with Crippen LogP contribution in [-0.2, 0) is 19.9 Å². The molecule has 0 aliphatic carbocycles. The Morgan fingerprint density at radius 1 is 1.28 bits per heavy atom. The first-order chi connectivity index (χ1) is 8.57. The number of nitrogens with zero attached hydrogens (tertiary/aromatic N) is 2. The topological polar surface area (TPSA) is 43.8 Å². The van der Waals surface area contributed by atoms with Crippen molar-refractivity contribution in [2.75, 3.05) is 0 Å². The molecule has 1 aromatic carbocycles. The molecule has 96 valence electrons. The Bertz CT molecular complexity index is 485. The van der Waals surface area contributed by atoms with Crippen LogP contribution in [0, 0.1) is 0 Å². The first-order valence-corrected chi connectivity index (χ1v) is 6.36. The van der Waals surface area contributed by atoms with Gasteiger partial charge in [-0.15, -0.1) is 0 Å². The molecule has 3 heteroatoms. The van der Waals surface area contributed by atoms with Crippen LogP contribution in [0.1, 0.15) is 24.7 Å². The van der Waals surface area contributed by atoms with Gasteiger partial charge in [-0.05, 0) is 25.3 Å². The average Bonchev–Trinajstić information content (AvgIpc) is 2.73. The van der Waals surface area contributed by atoms with Crippen molar-refractivity contribution in [3.63, 3.8) is 0 Å². The summed E-state index contributed by atoms with van der Waals surface area (Å²) in [7, 11) is 2.02. The maximum atomic E-state index is 6.38. The van der Waals surface area contributed by atoms with E-state index in [0.29, 0.717) is 0 Å². The Labute approximate surface area is 109 Å². The molecule has 0 radical (unpaired) electrons. The number of aryl methyl sites for hydroxylation is 2. The van der Waals surface area contributed by atoms with Gasteiger partial charge < -0.3 is 10.3 Å². The number of nitrogens with two attached hydrogens (primary N) is 1. The first kappa shape index (κ1) is 12.8. The first-order valence-electron chi connectivity index (χ1n) is 6.36. The highest BCUT2D eigenvalue weighted by atomic mass is 15.0. The minimum absolute atomic E-state index is 0.187. The predicted octanol–water partition coefficient (Wildman–Crippen LogP) is 2.31. The quantitative estimate of drug-likeness (QED) is 0.875. The van der Waals surface area contributed by atoms with Gasteiger partial charge in [0.25, 0.3) is 0 Å². The van der Waals surface area contributed by atoms with Gasteiger partial charge in [-0.25, -0.2) is 4.98 Å². The molecule has 18 heavy (non-hydrogen) atoms. The van der Waals surface area contributed by atoms with Crippen molar-refractivity contribution in [3.05, 3.63) is 54.1 Å². The lowest BCUT2D eigenvalue weighted by Gasteiger charge is -2.24. The maximum absolute atomic E-state index is 6.38. The standard InChI is InChI=1S/C15H21N3/c1-15(16,12-13-6-4-3-5-7-13)9-8-14-17-10-11-18(14)2/h3-7,10-11H,8-9,12,16H2,1-2H3. The lowest BCUT2D eigenvalue weighted by Crippen LogP contribution is -2.39. The van der Waals surface area contributed by atoms with Gasteiger partial charge in [-0.1, -0.05) is 30.3 Å². The fraction of sp³-hybridized carbons (Fsp3) is 0.400. The van der Waals surface area contributed by atoms with Crippen LogP contribution in [0.4, 0.5) is 0 Å². The normalized spacial score (nSPS) is 14.4. The van der Waals surface area contributed by atoms with Crippen LogP contribution in [0.2, 0.25) is 0 Å². The molecule has 1 unspecified atom stereocenters. The Kier molecular flexibility index (Phi) is 3.82. The lowest BCUT2D eigenvalue weighted by molar-refractivity contribution is 0.423. The lowest BCUT2D eigenvalue weighted by atomic mass is 9.89. The second kappa shape index (κ2) is 5.36. The molecule has 2 rings (SSSR count). The van der Waals surface area contributed by atoms with E-state index in [1.807, 2.05) is 25.5 Å². The number of imidazole rings is 1. The van der Waals surface area contributed by atoms with Gasteiger partial charge >= 0.3 is 0 Å². The largest absolute Gasteiger partial charge is 0.338 e. The van der Waals surface area contributed by atoms with Crippen LogP contribution in [0.3, 0.4) is 0 Å². The Balaban J connectivity index is 1.93. The Morgan fingerprint density at radius 3 is 2.61 bits per heavy atom. The van der Waals surface area contributed by atoms with E-state index in [0.717, 1.165) is 25.1 Å². The van der Waals surface area contributed by atoms with Crippen LogP contribution >= 0.6 is 0 Å². The molecular formula is C15H21N3. The van der Waals surface area contributed by atoms with Crippen LogP contribution in [0.25, 0.3) is 0 Å². The third-order valence-electron chi connectivity index (χ3n) is 3.29. The van der Waals surface area contributed by atoms with Crippen molar-refractivity contribution in [2.45, 2.75) is 31.7 Å². The molecule has 0 fully saturated rings. The molecule has 0 aliphatic heterocycles. The third-order valence-corrected chi connectivity index (χ3v) is 3.29. The van der Waals surface area contributed by atoms with Crippen molar-refractivity contribution in [3.8, 4) is 0 Å². The summed E-state index contributed by atoms with van der Waals surface area (Å²) in [6.45, 7) is 2.11. The summed E-state index contributed by atoms with van der Waals surface area (Å²) in [5.74, 6) is 1.10. The molecular weight excluding hydrogens is 222 g/mol. The van der Waals surface area contributed by atoms with Gasteiger partial charge in [0.2, 0.25) is 0 Å². The highest BCUT2D eigenvalue weighted by Gasteiger charge is 2.19. The minimum Gasteiger partial charge on any atom is -0.338 e. The van der Waals surface area contributed by atoms with Crippen molar-refractivity contribution in [2.24, 2.45) is 12.8 Å². The smallest absolute Gasteiger partial charge is 0.108 e. The van der Waals surface area contributed by atoms with Crippen LogP contribution in [0.5, 0.6) is 0 Å². The van der Waals surface area contributed by atoms with E-state index in [4.69, 9.17) is 5.73 Å². The van der Waals surface area contributed by atoms with Gasteiger partial charge in [0.15, 0.2) is 0 Å². The molecule has 1 atom stereocenters. The van der Waals surface area contributed by atoms with E-state index in [9.17, 15) is 0 Å². The number of aromatic nitrogens is 2. The molecule has 0 saturated carbocycles. The Hall–Kier alpha value is -1.61. The fourth-order valence-corrected chi connectivity index (χ4v) is 2.19. The molecule has 2 N–H and O–H groups in total. The van der Waals surface area contributed by atoms with Crippen LogP contribution < -0.4 is 5.73 Å². The van der Waals surface area contributed by atoms with Gasteiger partial charge in [-0.2, -0.15) is 0 Å². The zero-order chi connectivity index (χ0) is 13.0. The van der Waals surface area contributed by atoms with E-state index < -0.39 is 0 Å². The van der Waals surface area contributed by atoms with E-state index in [-0.39, 0.29) is 5.54 Å². The van der Waals surface area contributed by atoms with Gasteiger partial charge in [0.05, 0.1) is 0 Å². The van der Waals surface area contributed by atoms with Crippen LogP contribution in [0.15, 0.2) is 42.7 Å². The fourth-order valence-electron chi connectivity index (χ4n) is 2.19. The molecule has 1 heterocycles. The summed E-state index contributed by atoms with van der Waals surface area (Å²) >= 11 is 0. The molecule has 0 spiro atoms. The number of rotatable bonds is 5. The zero-order valence-corrected chi connectivity index (χ0v) is 11.1. The van der Waals surface area contributed by atoms with Crippen molar-refractivity contribution in [1.29, 1.82) is 0 Å². The SMILES string of the molecule is Cn1ccnc1CCC(C)(N)Cc1ccccc1. The molecule has 3 nitrogen and oxygen atoms in total. The second-order valence-electron chi connectivity index (χ2n) is 5.27. The number of benzene rings is 1. The van der Waals surface area contributed by atoms with E-state index in [1.165, 1.54) is 5.56 Å². The summed E-state index contributed by atoms with van der Waals surface area (Å²) < 4.78 is 2.05. The maximum Gasteiger partial charge on any atom is 0.108 e. The summed E-state index contributed by atoms with van der Waals surface area (Å²) in [4.78, 5) is 4.33. The molecule has 2 aromatic rings. The molecule has 0 aliphatic rings. The predicted molar refractivity (Wildman–Crippen MR) is 74.3 cm³/mol. The van der Waals surface area contributed by atoms with Gasteiger partial charge in [0.1, 0.15) is 5.82 Å². The summed E-state index contributed by atoms with van der Waals surface area (Å²) in [6.07, 6.45) is 6.56. The third kappa shape index (κ3) is 3.44. The number of hydrogen-bond donors (Lipinski definition) is 1. The van der Waals surface area contributed by atoms with E-state index in [2.05, 4.69) is 40.7 Å². The molecule has 0 amide bonds.